The minimum Gasteiger partial charge on any atom is -0.294 e. The highest BCUT2D eigenvalue weighted by atomic mass is 16.1. The van der Waals surface area contributed by atoms with Gasteiger partial charge in [-0.25, -0.2) is 0 Å². The molecule has 0 fully saturated rings. The second-order valence-electron chi connectivity index (χ2n) is 2.72. The van der Waals surface area contributed by atoms with E-state index in [2.05, 4.69) is 6.58 Å². The third kappa shape index (κ3) is 0.811. The number of fused-ring (bicyclic) bond motifs is 1. The van der Waals surface area contributed by atoms with Gasteiger partial charge >= 0.3 is 0 Å². The van der Waals surface area contributed by atoms with E-state index in [-0.39, 0.29) is 5.78 Å². The molecule has 1 aromatic rings. The molecule has 0 saturated carbocycles. The number of rotatable bonds is 1. The minimum atomic E-state index is 0.260. The van der Waals surface area contributed by atoms with Crippen molar-refractivity contribution in [2.45, 2.75) is 6.42 Å². The van der Waals surface area contributed by atoms with Crippen molar-refractivity contribution in [1.29, 1.82) is 0 Å². The molecule has 0 amide bonds. The zero-order valence-corrected chi connectivity index (χ0v) is 6.13. The average Bonchev–Trinajstić information content (AvgIpc) is 2.02. The first-order valence-electron chi connectivity index (χ1n) is 3.60. The van der Waals surface area contributed by atoms with E-state index >= 15 is 0 Å². The van der Waals surface area contributed by atoms with Crippen LogP contribution in [0.25, 0.3) is 6.08 Å². The summed E-state index contributed by atoms with van der Waals surface area (Å²) in [5.74, 6) is 0.260. The highest BCUT2D eigenvalue weighted by Crippen LogP contribution is 2.23. The van der Waals surface area contributed by atoms with E-state index in [1.54, 1.807) is 6.08 Å². The third-order valence-electron chi connectivity index (χ3n) is 2.02. The Morgan fingerprint density at radius 2 is 2.27 bits per heavy atom. The molecule has 0 bridgehead atoms. The summed E-state index contributed by atoms with van der Waals surface area (Å²) in [6.07, 6.45) is 2.40. The first-order valence-corrected chi connectivity index (χ1v) is 3.60. The predicted octanol–water partition coefficient (Wildman–Crippen LogP) is 2.07. The van der Waals surface area contributed by atoms with Gasteiger partial charge in [-0.1, -0.05) is 30.9 Å². The van der Waals surface area contributed by atoms with Gasteiger partial charge in [0.25, 0.3) is 0 Å². The van der Waals surface area contributed by atoms with Crippen molar-refractivity contribution < 1.29 is 4.79 Å². The number of Topliss-reactive ketones (excluding diaryl/α,β-unsaturated/α-hetero) is 1. The first-order chi connectivity index (χ1) is 5.31. The molecule has 0 spiro atoms. The number of carbonyl (C=O) groups excluding carboxylic acids is 1. The lowest BCUT2D eigenvalue weighted by Crippen LogP contribution is -2.18. The molecule has 1 aromatic carbocycles. The van der Waals surface area contributed by atoms with Gasteiger partial charge in [-0.3, -0.25) is 4.79 Å². The van der Waals surface area contributed by atoms with E-state index in [1.807, 2.05) is 18.2 Å². The van der Waals surface area contributed by atoms with Gasteiger partial charge < -0.3 is 0 Å². The number of hydrogen-bond donors (Lipinski definition) is 0. The Morgan fingerprint density at radius 1 is 1.45 bits per heavy atom. The van der Waals surface area contributed by atoms with Crippen LogP contribution in [0.15, 0.2) is 24.8 Å². The van der Waals surface area contributed by atoms with Crippen molar-refractivity contribution in [2.24, 2.45) is 0 Å². The maximum Gasteiger partial charge on any atom is 0.167 e. The molecule has 2 rings (SSSR count). The van der Waals surface area contributed by atoms with Crippen molar-refractivity contribution in [3.63, 3.8) is 0 Å². The Hall–Kier alpha value is -1.37. The second kappa shape index (κ2) is 2.06. The predicted molar refractivity (Wildman–Crippen MR) is 44.6 cm³/mol. The lowest BCUT2D eigenvalue weighted by atomic mass is 9.86. The molecule has 1 aliphatic carbocycles. The molecule has 0 atom stereocenters. The Bertz CT molecular complexity index is 337. The van der Waals surface area contributed by atoms with Crippen LogP contribution in [0.2, 0.25) is 0 Å². The monoisotopic (exact) mass is 144 g/mol. The van der Waals surface area contributed by atoms with Crippen LogP contribution in [-0.4, -0.2) is 5.78 Å². The van der Waals surface area contributed by atoms with Crippen LogP contribution < -0.4 is 0 Å². The van der Waals surface area contributed by atoms with Crippen molar-refractivity contribution in [3.8, 4) is 0 Å². The molecule has 1 aliphatic rings. The fraction of sp³-hybridized carbons (Fsp3) is 0.100. The summed E-state index contributed by atoms with van der Waals surface area (Å²) < 4.78 is 0. The molecule has 0 heterocycles. The number of carbonyl (C=O) groups is 1. The van der Waals surface area contributed by atoms with E-state index in [9.17, 15) is 4.79 Å². The summed E-state index contributed by atoms with van der Waals surface area (Å²) in [7, 11) is 0. The Morgan fingerprint density at radius 3 is 2.82 bits per heavy atom. The van der Waals surface area contributed by atoms with Gasteiger partial charge in [0, 0.05) is 12.0 Å². The highest BCUT2D eigenvalue weighted by molar-refractivity contribution is 6.06. The molecule has 0 saturated heterocycles. The number of benzene rings is 1. The van der Waals surface area contributed by atoms with Crippen molar-refractivity contribution >= 4 is 11.9 Å². The van der Waals surface area contributed by atoms with Gasteiger partial charge in [-0.05, 0) is 11.1 Å². The van der Waals surface area contributed by atoms with Gasteiger partial charge in [0.05, 0.1) is 0 Å². The summed E-state index contributed by atoms with van der Waals surface area (Å²) in [4.78, 5) is 10.9. The molecule has 1 nitrogen and oxygen atoms in total. The Kier molecular flexibility index (Phi) is 1.19. The van der Waals surface area contributed by atoms with Gasteiger partial charge in [0.2, 0.25) is 0 Å². The van der Waals surface area contributed by atoms with Crippen molar-refractivity contribution in [3.05, 3.63) is 41.5 Å². The van der Waals surface area contributed by atoms with Gasteiger partial charge in [0.15, 0.2) is 5.78 Å². The molecule has 11 heavy (non-hydrogen) atoms. The van der Waals surface area contributed by atoms with Crippen molar-refractivity contribution in [2.75, 3.05) is 0 Å². The third-order valence-corrected chi connectivity index (χ3v) is 2.02. The van der Waals surface area contributed by atoms with E-state index in [0.29, 0.717) is 6.42 Å². The molecule has 0 unspecified atom stereocenters. The molecular formula is C10H8O. The molecule has 54 valence electrons. The standard InChI is InChI=1S/C10H8O/c1-2-7-3-4-9-8(5-7)6-10(9)11/h2-5H,1,6H2. The molecule has 0 aliphatic heterocycles. The summed E-state index contributed by atoms with van der Waals surface area (Å²) >= 11 is 0. The van der Waals surface area contributed by atoms with Gasteiger partial charge in [0.1, 0.15) is 0 Å². The lowest BCUT2D eigenvalue weighted by Gasteiger charge is -2.16. The van der Waals surface area contributed by atoms with Crippen LogP contribution in [0.3, 0.4) is 0 Å². The number of ketones is 1. The molecule has 0 N–H and O–H groups in total. The lowest BCUT2D eigenvalue weighted by molar-refractivity contribution is 0.0968. The van der Waals surface area contributed by atoms with Crippen LogP contribution in [0.4, 0.5) is 0 Å². The normalized spacial score (nSPS) is 13.6. The number of hydrogen-bond acceptors (Lipinski definition) is 1. The fourth-order valence-corrected chi connectivity index (χ4v) is 1.32. The summed E-state index contributed by atoms with van der Waals surface area (Å²) in [5.41, 5.74) is 3.14. The largest absolute Gasteiger partial charge is 0.294 e. The zero-order chi connectivity index (χ0) is 7.84. The quantitative estimate of drug-likeness (QED) is 0.589. The Balaban J connectivity index is 2.53. The zero-order valence-electron chi connectivity index (χ0n) is 6.13. The second-order valence-corrected chi connectivity index (χ2v) is 2.72. The first kappa shape index (κ1) is 6.35. The van der Waals surface area contributed by atoms with E-state index in [1.165, 1.54) is 0 Å². The van der Waals surface area contributed by atoms with E-state index in [4.69, 9.17) is 0 Å². The molecule has 0 aromatic heterocycles. The topological polar surface area (TPSA) is 17.1 Å². The van der Waals surface area contributed by atoms with Crippen LogP contribution in [0.1, 0.15) is 21.5 Å². The summed E-state index contributed by atoms with van der Waals surface area (Å²) in [6.45, 7) is 3.66. The van der Waals surface area contributed by atoms with Crippen LogP contribution in [0.5, 0.6) is 0 Å². The highest BCUT2D eigenvalue weighted by Gasteiger charge is 2.21. The maximum atomic E-state index is 10.9. The van der Waals surface area contributed by atoms with Gasteiger partial charge in [-0.2, -0.15) is 0 Å². The molecular weight excluding hydrogens is 136 g/mol. The molecule has 0 radical (unpaired) electrons. The van der Waals surface area contributed by atoms with Crippen LogP contribution in [-0.2, 0) is 6.42 Å². The minimum absolute atomic E-state index is 0.260. The van der Waals surface area contributed by atoms with E-state index in [0.717, 1.165) is 16.7 Å². The summed E-state index contributed by atoms with van der Waals surface area (Å²) in [6, 6.07) is 5.81. The van der Waals surface area contributed by atoms with Crippen LogP contribution in [0, 0.1) is 0 Å². The smallest absolute Gasteiger partial charge is 0.167 e. The fourth-order valence-electron chi connectivity index (χ4n) is 1.32. The Labute approximate surface area is 65.4 Å². The van der Waals surface area contributed by atoms with Crippen LogP contribution >= 0.6 is 0 Å². The maximum absolute atomic E-state index is 10.9. The van der Waals surface area contributed by atoms with Gasteiger partial charge in [-0.15, -0.1) is 0 Å². The SMILES string of the molecule is C=Cc1ccc2c(c1)CC2=O. The molecule has 1 heteroatoms. The van der Waals surface area contributed by atoms with E-state index < -0.39 is 0 Å². The average molecular weight is 144 g/mol. The van der Waals surface area contributed by atoms with Crippen molar-refractivity contribution in [1.82, 2.24) is 0 Å². The summed E-state index contributed by atoms with van der Waals surface area (Å²) in [5, 5.41) is 0.